The lowest BCUT2D eigenvalue weighted by Gasteiger charge is -2.38. The van der Waals surface area contributed by atoms with E-state index in [2.05, 4.69) is 5.10 Å². The summed E-state index contributed by atoms with van der Waals surface area (Å²) in [5, 5.41) is 14.0. The number of carbonyl (C=O) groups excluding carboxylic acids is 1. The van der Waals surface area contributed by atoms with E-state index in [1.165, 1.54) is 0 Å². The number of aliphatic carboxylic acids is 1. The van der Waals surface area contributed by atoms with Gasteiger partial charge in [0.25, 0.3) is 5.91 Å². The highest BCUT2D eigenvalue weighted by Gasteiger charge is 2.45. The minimum atomic E-state index is -1.31. The van der Waals surface area contributed by atoms with Gasteiger partial charge in [-0.15, -0.1) is 0 Å². The Morgan fingerprint density at radius 2 is 2.00 bits per heavy atom. The molecule has 1 aliphatic rings. The Hall–Kier alpha value is -2.83. The van der Waals surface area contributed by atoms with Crippen molar-refractivity contribution < 1.29 is 19.4 Å². The molecule has 2 aromatic rings. The van der Waals surface area contributed by atoms with E-state index in [-0.39, 0.29) is 18.7 Å². The number of rotatable bonds is 5. The van der Waals surface area contributed by atoms with Gasteiger partial charge in [-0.2, -0.15) is 5.10 Å². The summed E-state index contributed by atoms with van der Waals surface area (Å²) in [6.45, 7) is 5.20. The van der Waals surface area contributed by atoms with Gasteiger partial charge >= 0.3 is 5.97 Å². The Balaban J connectivity index is 1.71. The van der Waals surface area contributed by atoms with Crippen molar-refractivity contribution >= 4 is 11.9 Å². The minimum Gasteiger partial charge on any atom is -0.478 e. The number of benzene rings is 1. The summed E-state index contributed by atoms with van der Waals surface area (Å²) in [4.78, 5) is 26.1. The highest BCUT2D eigenvalue weighted by Crippen LogP contribution is 2.30. The summed E-state index contributed by atoms with van der Waals surface area (Å²) >= 11 is 0. The van der Waals surface area contributed by atoms with E-state index in [1.54, 1.807) is 27.9 Å². The number of aromatic nitrogens is 2. The van der Waals surface area contributed by atoms with E-state index in [9.17, 15) is 14.7 Å². The number of likely N-dealkylation sites (tertiary alicyclic amines) is 1. The average Bonchev–Trinajstić information content (AvgIpc) is 3.11. The fourth-order valence-corrected chi connectivity index (χ4v) is 3.15. The van der Waals surface area contributed by atoms with Crippen LogP contribution in [0.5, 0.6) is 5.75 Å². The number of hydrogen-bond donors (Lipinski definition) is 1. The van der Waals surface area contributed by atoms with Gasteiger partial charge in [0.2, 0.25) is 5.60 Å². The van der Waals surface area contributed by atoms with Gasteiger partial charge in [0.15, 0.2) is 0 Å². The molecule has 0 radical (unpaired) electrons. The number of nitrogens with zero attached hydrogens (tertiary/aromatic N) is 3. The molecule has 138 valence electrons. The Morgan fingerprint density at radius 3 is 2.58 bits per heavy atom. The summed E-state index contributed by atoms with van der Waals surface area (Å²) in [7, 11) is 0. The van der Waals surface area contributed by atoms with Crippen molar-refractivity contribution in [1.82, 2.24) is 14.7 Å². The maximum atomic E-state index is 12.6. The van der Waals surface area contributed by atoms with Gasteiger partial charge in [0.05, 0.1) is 0 Å². The molecule has 1 fully saturated rings. The van der Waals surface area contributed by atoms with Crippen LogP contribution in [0.4, 0.5) is 0 Å². The summed E-state index contributed by atoms with van der Waals surface area (Å²) < 4.78 is 7.58. The Kier molecular flexibility index (Phi) is 4.97. The highest BCUT2D eigenvalue weighted by atomic mass is 16.5. The van der Waals surface area contributed by atoms with Gasteiger partial charge in [0.1, 0.15) is 11.4 Å². The molecule has 0 saturated carbocycles. The second-order valence-electron chi connectivity index (χ2n) is 6.57. The van der Waals surface area contributed by atoms with Crippen LogP contribution in [0, 0.1) is 6.92 Å². The molecule has 1 aromatic carbocycles. The van der Waals surface area contributed by atoms with Crippen molar-refractivity contribution in [3.8, 4) is 5.75 Å². The zero-order valence-corrected chi connectivity index (χ0v) is 15.0. The lowest BCUT2D eigenvalue weighted by molar-refractivity contribution is -0.159. The number of amides is 1. The van der Waals surface area contributed by atoms with Gasteiger partial charge in [0, 0.05) is 38.7 Å². The van der Waals surface area contributed by atoms with E-state index in [4.69, 9.17) is 4.74 Å². The molecule has 0 atom stereocenters. The van der Waals surface area contributed by atoms with Crippen LogP contribution in [-0.4, -0.2) is 50.4 Å². The minimum absolute atomic E-state index is 0.174. The number of piperidine rings is 1. The molecule has 0 unspecified atom stereocenters. The van der Waals surface area contributed by atoms with Crippen LogP contribution in [0.1, 0.15) is 35.8 Å². The fourth-order valence-electron chi connectivity index (χ4n) is 3.15. The number of ether oxygens (including phenoxy) is 1. The predicted molar refractivity (Wildman–Crippen MR) is 95.2 cm³/mol. The smallest absolute Gasteiger partial charge is 0.348 e. The Morgan fingerprint density at radius 1 is 1.27 bits per heavy atom. The number of aryl methyl sites for hydroxylation is 2. The third-order valence-electron chi connectivity index (χ3n) is 4.73. The van der Waals surface area contributed by atoms with Crippen molar-refractivity contribution in [1.29, 1.82) is 0 Å². The topological polar surface area (TPSA) is 84.7 Å². The molecular weight excluding hydrogens is 334 g/mol. The first-order chi connectivity index (χ1) is 12.4. The molecule has 26 heavy (non-hydrogen) atoms. The van der Waals surface area contributed by atoms with Crippen LogP contribution in [0.2, 0.25) is 0 Å². The first-order valence-corrected chi connectivity index (χ1v) is 8.75. The molecule has 7 heteroatoms. The quantitative estimate of drug-likeness (QED) is 0.888. The first-order valence-electron chi connectivity index (χ1n) is 8.75. The standard InChI is InChI=1S/C19H23N3O4/c1-3-22-10-7-16(20-22)17(23)21-11-8-19(9-12-21,18(24)25)26-15-6-4-5-14(2)13-15/h4-7,10,13H,3,8-9,11-12H2,1-2H3,(H,24,25). The van der Waals surface area contributed by atoms with Crippen molar-refractivity contribution in [2.24, 2.45) is 0 Å². The van der Waals surface area contributed by atoms with E-state index in [0.717, 1.165) is 5.56 Å². The monoisotopic (exact) mass is 357 g/mol. The molecule has 1 aliphatic heterocycles. The molecule has 3 rings (SSSR count). The zero-order chi connectivity index (χ0) is 18.7. The molecule has 2 heterocycles. The van der Waals surface area contributed by atoms with E-state index in [0.29, 0.717) is 31.1 Å². The molecule has 1 N–H and O–H groups in total. The molecule has 1 aromatic heterocycles. The molecule has 0 spiro atoms. The van der Waals surface area contributed by atoms with E-state index in [1.807, 2.05) is 32.0 Å². The molecule has 0 aliphatic carbocycles. The van der Waals surface area contributed by atoms with Crippen LogP contribution in [0.15, 0.2) is 36.5 Å². The highest BCUT2D eigenvalue weighted by molar-refractivity contribution is 5.92. The lowest BCUT2D eigenvalue weighted by atomic mass is 9.90. The molecular formula is C19H23N3O4. The number of carbonyl (C=O) groups is 2. The largest absolute Gasteiger partial charge is 0.478 e. The SMILES string of the molecule is CCn1ccc(C(=O)N2CCC(Oc3cccc(C)c3)(C(=O)O)CC2)n1. The van der Waals surface area contributed by atoms with Gasteiger partial charge in [-0.3, -0.25) is 9.48 Å². The average molecular weight is 357 g/mol. The molecule has 7 nitrogen and oxygen atoms in total. The van der Waals surface area contributed by atoms with Crippen molar-refractivity contribution in [2.45, 2.75) is 38.8 Å². The van der Waals surface area contributed by atoms with Crippen LogP contribution in [-0.2, 0) is 11.3 Å². The Labute approximate surface area is 152 Å². The number of carboxylic acid groups (broad SMARTS) is 1. The maximum Gasteiger partial charge on any atom is 0.348 e. The van der Waals surface area contributed by atoms with Gasteiger partial charge in [-0.05, 0) is 37.6 Å². The van der Waals surface area contributed by atoms with Crippen LogP contribution in [0.25, 0.3) is 0 Å². The maximum absolute atomic E-state index is 12.6. The molecule has 1 saturated heterocycles. The van der Waals surface area contributed by atoms with Crippen LogP contribution in [0.3, 0.4) is 0 Å². The van der Waals surface area contributed by atoms with Crippen molar-refractivity contribution in [3.05, 3.63) is 47.8 Å². The molecule has 1 amide bonds. The third-order valence-corrected chi connectivity index (χ3v) is 4.73. The van der Waals surface area contributed by atoms with Crippen LogP contribution < -0.4 is 4.74 Å². The number of hydrogen-bond acceptors (Lipinski definition) is 4. The molecule has 0 bridgehead atoms. The third kappa shape index (κ3) is 3.56. The van der Waals surface area contributed by atoms with Gasteiger partial charge < -0.3 is 14.7 Å². The summed E-state index contributed by atoms with van der Waals surface area (Å²) in [5.41, 5.74) is 0.0734. The second-order valence-corrected chi connectivity index (χ2v) is 6.57. The van der Waals surface area contributed by atoms with Crippen LogP contribution >= 0.6 is 0 Å². The van der Waals surface area contributed by atoms with Gasteiger partial charge in [-0.25, -0.2) is 4.79 Å². The van der Waals surface area contributed by atoms with Crippen molar-refractivity contribution in [2.75, 3.05) is 13.1 Å². The fraction of sp³-hybridized carbons (Fsp3) is 0.421. The van der Waals surface area contributed by atoms with Crippen molar-refractivity contribution in [3.63, 3.8) is 0 Å². The summed E-state index contributed by atoms with van der Waals surface area (Å²) in [6, 6.07) is 9.03. The number of carboxylic acids is 1. The summed E-state index contributed by atoms with van der Waals surface area (Å²) in [6.07, 6.45) is 2.23. The lowest BCUT2D eigenvalue weighted by Crippen LogP contribution is -2.54. The normalized spacial score (nSPS) is 16.3. The second kappa shape index (κ2) is 7.19. The zero-order valence-electron chi connectivity index (χ0n) is 15.0. The van der Waals surface area contributed by atoms with E-state index < -0.39 is 11.6 Å². The first kappa shape index (κ1) is 18.0. The van der Waals surface area contributed by atoms with Gasteiger partial charge in [-0.1, -0.05) is 12.1 Å². The predicted octanol–water partition coefficient (Wildman–Crippen LogP) is 2.35. The van der Waals surface area contributed by atoms with E-state index >= 15 is 0 Å². The Bertz CT molecular complexity index is 807. The summed E-state index contributed by atoms with van der Waals surface area (Å²) in [5.74, 6) is -0.637.